The van der Waals surface area contributed by atoms with Crippen molar-refractivity contribution in [3.8, 4) is 0 Å². The molecular formula is C8H17NO. The van der Waals surface area contributed by atoms with Crippen molar-refractivity contribution >= 4 is 0 Å². The van der Waals surface area contributed by atoms with Crippen LogP contribution in [0.15, 0.2) is 0 Å². The summed E-state index contributed by atoms with van der Waals surface area (Å²) in [7, 11) is 0. The summed E-state index contributed by atoms with van der Waals surface area (Å²) >= 11 is 0. The van der Waals surface area contributed by atoms with Gasteiger partial charge in [0.1, 0.15) is 0 Å². The van der Waals surface area contributed by atoms with Crippen molar-refractivity contribution in [2.45, 2.75) is 32.2 Å². The van der Waals surface area contributed by atoms with Crippen molar-refractivity contribution in [1.82, 2.24) is 0 Å². The van der Waals surface area contributed by atoms with Gasteiger partial charge in [0.25, 0.3) is 0 Å². The summed E-state index contributed by atoms with van der Waals surface area (Å²) in [5, 5.41) is 0. The Morgan fingerprint density at radius 2 is 2.10 bits per heavy atom. The highest BCUT2D eigenvalue weighted by atomic mass is 16.5. The van der Waals surface area contributed by atoms with E-state index in [0.29, 0.717) is 6.04 Å². The van der Waals surface area contributed by atoms with Crippen LogP contribution in [-0.4, -0.2) is 19.3 Å². The molecule has 0 radical (unpaired) electrons. The standard InChI is InChI=1S/C8H17NO/c1-2-8(9)7-3-5-10-6-4-7/h7-8H,2-6,9H2,1H3. The molecule has 0 aromatic rings. The number of nitrogens with two attached hydrogens (primary N) is 1. The van der Waals surface area contributed by atoms with E-state index in [-0.39, 0.29) is 0 Å². The third-order valence-corrected chi connectivity index (χ3v) is 2.34. The Bertz CT molecular complexity index is 89.3. The monoisotopic (exact) mass is 143 g/mol. The zero-order chi connectivity index (χ0) is 7.40. The fraction of sp³-hybridized carbons (Fsp3) is 1.00. The minimum Gasteiger partial charge on any atom is -0.381 e. The molecule has 60 valence electrons. The second-order valence-electron chi connectivity index (χ2n) is 3.02. The summed E-state index contributed by atoms with van der Waals surface area (Å²) in [4.78, 5) is 0. The van der Waals surface area contributed by atoms with Crippen molar-refractivity contribution in [3.05, 3.63) is 0 Å². The third kappa shape index (κ3) is 1.96. The number of ether oxygens (including phenoxy) is 1. The first-order valence-electron chi connectivity index (χ1n) is 4.18. The van der Waals surface area contributed by atoms with Gasteiger partial charge < -0.3 is 10.5 Å². The minimum atomic E-state index is 0.406. The molecule has 2 heteroatoms. The largest absolute Gasteiger partial charge is 0.381 e. The molecule has 0 aliphatic carbocycles. The molecule has 1 heterocycles. The lowest BCUT2D eigenvalue weighted by Crippen LogP contribution is -2.33. The van der Waals surface area contributed by atoms with Crippen LogP contribution in [0.1, 0.15) is 26.2 Å². The molecule has 2 N–H and O–H groups in total. The van der Waals surface area contributed by atoms with E-state index in [9.17, 15) is 0 Å². The average Bonchev–Trinajstić information content (AvgIpc) is 2.05. The van der Waals surface area contributed by atoms with Gasteiger partial charge in [0.05, 0.1) is 0 Å². The van der Waals surface area contributed by atoms with Gasteiger partial charge >= 0.3 is 0 Å². The predicted octanol–water partition coefficient (Wildman–Crippen LogP) is 1.15. The van der Waals surface area contributed by atoms with E-state index in [0.717, 1.165) is 38.4 Å². The van der Waals surface area contributed by atoms with E-state index in [1.807, 2.05) is 0 Å². The lowest BCUT2D eigenvalue weighted by atomic mass is 9.91. The number of hydrogen-bond donors (Lipinski definition) is 1. The molecule has 0 spiro atoms. The van der Waals surface area contributed by atoms with Crippen molar-refractivity contribution in [2.75, 3.05) is 13.2 Å². The van der Waals surface area contributed by atoms with Gasteiger partial charge in [0.15, 0.2) is 0 Å². The molecule has 1 rings (SSSR count). The van der Waals surface area contributed by atoms with E-state index in [1.165, 1.54) is 0 Å². The first-order valence-corrected chi connectivity index (χ1v) is 4.18. The summed E-state index contributed by atoms with van der Waals surface area (Å²) in [6.45, 7) is 3.98. The normalized spacial score (nSPS) is 24.6. The van der Waals surface area contributed by atoms with Crippen LogP contribution in [-0.2, 0) is 4.74 Å². The van der Waals surface area contributed by atoms with Crippen LogP contribution >= 0.6 is 0 Å². The molecule has 10 heavy (non-hydrogen) atoms. The van der Waals surface area contributed by atoms with Crippen molar-refractivity contribution in [3.63, 3.8) is 0 Å². The van der Waals surface area contributed by atoms with Crippen LogP contribution in [0.2, 0.25) is 0 Å². The van der Waals surface area contributed by atoms with Crippen molar-refractivity contribution < 1.29 is 4.74 Å². The van der Waals surface area contributed by atoms with Crippen LogP contribution in [0.5, 0.6) is 0 Å². The van der Waals surface area contributed by atoms with Crippen LogP contribution in [0.25, 0.3) is 0 Å². The first kappa shape index (κ1) is 8.02. The van der Waals surface area contributed by atoms with Gasteiger partial charge in [-0.05, 0) is 25.2 Å². The molecule has 0 amide bonds. The van der Waals surface area contributed by atoms with Crippen LogP contribution in [0.4, 0.5) is 0 Å². The second kappa shape index (κ2) is 3.94. The highest BCUT2D eigenvalue weighted by Crippen LogP contribution is 2.18. The molecule has 0 bridgehead atoms. The first-order chi connectivity index (χ1) is 4.84. The molecular weight excluding hydrogens is 126 g/mol. The zero-order valence-corrected chi connectivity index (χ0v) is 6.68. The molecule has 2 nitrogen and oxygen atoms in total. The lowest BCUT2D eigenvalue weighted by Gasteiger charge is -2.26. The van der Waals surface area contributed by atoms with Crippen LogP contribution in [0, 0.1) is 5.92 Å². The summed E-state index contributed by atoms with van der Waals surface area (Å²) in [6.07, 6.45) is 3.43. The van der Waals surface area contributed by atoms with Crippen molar-refractivity contribution in [1.29, 1.82) is 0 Å². The van der Waals surface area contributed by atoms with Gasteiger partial charge in [0, 0.05) is 19.3 Å². The molecule has 1 unspecified atom stereocenters. The van der Waals surface area contributed by atoms with Gasteiger partial charge in [-0.3, -0.25) is 0 Å². The minimum absolute atomic E-state index is 0.406. The Labute approximate surface area is 62.7 Å². The Kier molecular flexibility index (Phi) is 3.16. The molecule has 0 aromatic carbocycles. The molecule has 1 fully saturated rings. The Balaban J connectivity index is 2.24. The smallest absolute Gasteiger partial charge is 0.0469 e. The molecule has 1 atom stereocenters. The maximum atomic E-state index is 5.89. The van der Waals surface area contributed by atoms with E-state index in [1.54, 1.807) is 0 Å². The highest BCUT2D eigenvalue weighted by Gasteiger charge is 2.18. The third-order valence-electron chi connectivity index (χ3n) is 2.34. The fourth-order valence-electron chi connectivity index (χ4n) is 1.48. The topological polar surface area (TPSA) is 35.2 Å². The number of rotatable bonds is 2. The lowest BCUT2D eigenvalue weighted by molar-refractivity contribution is 0.0581. The van der Waals surface area contributed by atoms with Crippen molar-refractivity contribution in [2.24, 2.45) is 11.7 Å². The summed E-state index contributed by atoms with van der Waals surface area (Å²) in [5.74, 6) is 0.721. The highest BCUT2D eigenvalue weighted by molar-refractivity contribution is 4.73. The number of hydrogen-bond acceptors (Lipinski definition) is 2. The zero-order valence-electron chi connectivity index (χ0n) is 6.68. The summed E-state index contributed by atoms with van der Waals surface area (Å²) in [5.41, 5.74) is 5.89. The van der Waals surface area contributed by atoms with E-state index in [2.05, 4.69) is 6.92 Å². The molecule has 0 aromatic heterocycles. The van der Waals surface area contributed by atoms with E-state index >= 15 is 0 Å². The quantitative estimate of drug-likeness (QED) is 0.629. The fourth-order valence-corrected chi connectivity index (χ4v) is 1.48. The summed E-state index contributed by atoms with van der Waals surface area (Å²) < 4.78 is 5.24. The van der Waals surface area contributed by atoms with Gasteiger partial charge in [0.2, 0.25) is 0 Å². The van der Waals surface area contributed by atoms with Gasteiger partial charge in [-0.25, -0.2) is 0 Å². The SMILES string of the molecule is CCC(N)C1CCOCC1. The van der Waals surface area contributed by atoms with E-state index < -0.39 is 0 Å². The Morgan fingerprint density at radius 1 is 1.50 bits per heavy atom. The molecule has 1 aliphatic rings. The second-order valence-corrected chi connectivity index (χ2v) is 3.02. The maximum Gasteiger partial charge on any atom is 0.0469 e. The van der Waals surface area contributed by atoms with Gasteiger partial charge in [-0.2, -0.15) is 0 Å². The van der Waals surface area contributed by atoms with Gasteiger partial charge in [-0.15, -0.1) is 0 Å². The average molecular weight is 143 g/mol. The van der Waals surface area contributed by atoms with E-state index in [4.69, 9.17) is 10.5 Å². The molecule has 1 saturated heterocycles. The molecule has 0 saturated carbocycles. The summed E-state index contributed by atoms with van der Waals surface area (Å²) in [6, 6.07) is 0.406. The predicted molar refractivity (Wildman–Crippen MR) is 41.8 cm³/mol. The van der Waals surface area contributed by atoms with Gasteiger partial charge in [-0.1, -0.05) is 6.92 Å². The van der Waals surface area contributed by atoms with Crippen LogP contribution in [0.3, 0.4) is 0 Å². The van der Waals surface area contributed by atoms with Crippen LogP contribution < -0.4 is 5.73 Å². The maximum absolute atomic E-state index is 5.89. The Morgan fingerprint density at radius 3 is 2.60 bits per heavy atom. The Hall–Kier alpha value is -0.0800. The molecule has 1 aliphatic heterocycles.